The number of aromatic amines is 1. The molecule has 3 aromatic heterocycles. The van der Waals surface area contributed by atoms with Gasteiger partial charge < -0.3 is 10.3 Å². The minimum absolute atomic E-state index is 0.126. The highest BCUT2D eigenvalue weighted by Gasteiger charge is 2.38. The van der Waals surface area contributed by atoms with E-state index in [-0.39, 0.29) is 17.5 Å². The van der Waals surface area contributed by atoms with Gasteiger partial charge in [0.15, 0.2) is 0 Å². The molecular weight excluding hydrogens is 348 g/mol. The Labute approximate surface area is 155 Å². The number of pyridine rings is 1. The SMILES string of the molecule is Cc1nnc(C(C)N2CCC(C)(NC(=O)c3nccc4[nH]ccc34)C2)s1. The fraction of sp³-hybridized carbons (Fsp3) is 0.444. The first kappa shape index (κ1) is 17.1. The van der Waals surface area contributed by atoms with Crippen LogP contribution in [0.3, 0.4) is 0 Å². The van der Waals surface area contributed by atoms with Gasteiger partial charge in [-0.1, -0.05) is 0 Å². The van der Waals surface area contributed by atoms with E-state index in [1.807, 2.05) is 25.3 Å². The first-order valence-electron chi connectivity index (χ1n) is 8.74. The van der Waals surface area contributed by atoms with Crippen LogP contribution in [0.15, 0.2) is 24.5 Å². The minimum atomic E-state index is -0.286. The summed E-state index contributed by atoms with van der Waals surface area (Å²) >= 11 is 1.63. The van der Waals surface area contributed by atoms with Crippen molar-refractivity contribution in [1.82, 2.24) is 30.4 Å². The lowest BCUT2D eigenvalue weighted by Crippen LogP contribution is -2.48. The summed E-state index contributed by atoms with van der Waals surface area (Å²) in [4.78, 5) is 22.6. The summed E-state index contributed by atoms with van der Waals surface area (Å²) in [6.07, 6.45) is 4.38. The van der Waals surface area contributed by atoms with Crippen LogP contribution in [0.5, 0.6) is 0 Å². The standard InChI is InChI=1S/C18H22N6OS/c1-11(17-23-22-12(2)26-17)24-9-6-18(3,10-24)21-16(25)15-13-4-7-19-14(13)5-8-20-15/h4-5,7-8,11,19H,6,9-10H2,1-3H3,(H,21,25). The quantitative estimate of drug-likeness (QED) is 0.737. The van der Waals surface area contributed by atoms with E-state index in [1.54, 1.807) is 17.5 Å². The largest absolute Gasteiger partial charge is 0.361 e. The molecule has 3 aromatic rings. The summed E-state index contributed by atoms with van der Waals surface area (Å²) in [5.41, 5.74) is 1.10. The number of hydrogen-bond donors (Lipinski definition) is 2. The van der Waals surface area contributed by atoms with Crippen molar-refractivity contribution in [2.24, 2.45) is 0 Å². The second kappa shape index (κ2) is 6.44. The molecule has 0 radical (unpaired) electrons. The molecule has 2 atom stereocenters. The van der Waals surface area contributed by atoms with Crippen molar-refractivity contribution in [3.05, 3.63) is 40.2 Å². The number of amides is 1. The molecule has 1 saturated heterocycles. The monoisotopic (exact) mass is 370 g/mol. The lowest BCUT2D eigenvalue weighted by atomic mass is 10.0. The Morgan fingerprint density at radius 3 is 3.04 bits per heavy atom. The van der Waals surface area contributed by atoms with Gasteiger partial charge in [-0.3, -0.25) is 14.7 Å². The summed E-state index contributed by atoms with van der Waals surface area (Å²) in [7, 11) is 0. The molecule has 0 aromatic carbocycles. The maximum Gasteiger partial charge on any atom is 0.271 e. The normalized spacial score (nSPS) is 22.0. The van der Waals surface area contributed by atoms with Gasteiger partial charge in [-0.15, -0.1) is 21.5 Å². The molecule has 1 aliphatic heterocycles. The Morgan fingerprint density at radius 2 is 2.27 bits per heavy atom. The Balaban J connectivity index is 1.48. The molecule has 7 nitrogen and oxygen atoms in total. The topological polar surface area (TPSA) is 86.8 Å². The summed E-state index contributed by atoms with van der Waals surface area (Å²) in [5.74, 6) is -0.126. The maximum absolute atomic E-state index is 12.8. The Morgan fingerprint density at radius 1 is 1.42 bits per heavy atom. The average molecular weight is 370 g/mol. The van der Waals surface area contributed by atoms with E-state index in [0.29, 0.717) is 5.69 Å². The van der Waals surface area contributed by atoms with Crippen LogP contribution < -0.4 is 5.32 Å². The number of carbonyl (C=O) groups excluding carboxylic acids is 1. The van der Waals surface area contributed by atoms with Crippen LogP contribution in [0.4, 0.5) is 0 Å². The molecular formula is C18H22N6OS. The first-order valence-corrected chi connectivity index (χ1v) is 9.55. The number of likely N-dealkylation sites (tertiary alicyclic amines) is 1. The minimum Gasteiger partial charge on any atom is -0.361 e. The van der Waals surface area contributed by atoms with Crippen molar-refractivity contribution in [3.63, 3.8) is 0 Å². The van der Waals surface area contributed by atoms with Crippen LogP contribution in [-0.2, 0) is 0 Å². The number of rotatable bonds is 4. The Hall–Kier alpha value is -2.32. The zero-order valence-corrected chi connectivity index (χ0v) is 15.9. The summed E-state index contributed by atoms with van der Waals surface area (Å²) in [6, 6.07) is 3.96. The molecule has 1 aliphatic rings. The smallest absolute Gasteiger partial charge is 0.271 e. The van der Waals surface area contributed by atoms with Crippen LogP contribution in [0, 0.1) is 6.92 Å². The van der Waals surface area contributed by atoms with Gasteiger partial charge in [0.05, 0.1) is 11.6 Å². The first-order chi connectivity index (χ1) is 12.5. The van der Waals surface area contributed by atoms with Gasteiger partial charge >= 0.3 is 0 Å². The van der Waals surface area contributed by atoms with E-state index in [9.17, 15) is 4.79 Å². The zero-order chi connectivity index (χ0) is 18.3. The highest BCUT2D eigenvalue weighted by atomic mass is 32.1. The van der Waals surface area contributed by atoms with E-state index in [2.05, 4.69) is 44.2 Å². The van der Waals surface area contributed by atoms with Crippen molar-refractivity contribution in [1.29, 1.82) is 0 Å². The van der Waals surface area contributed by atoms with Crippen LogP contribution >= 0.6 is 11.3 Å². The van der Waals surface area contributed by atoms with Gasteiger partial charge in [0.1, 0.15) is 15.7 Å². The summed E-state index contributed by atoms with van der Waals surface area (Å²) in [5, 5.41) is 14.4. The fourth-order valence-corrected chi connectivity index (χ4v) is 4.35. The van der Waals surface area contributed by atoms with Gasteiger partial charge in [0.25, 0.3) is 5.91 Å². The van der Waals surface area contributed by atoms with E-state index in [1.165, 1.54) is 0 Å². The molecule has 26 heavy (non-hydrogen) atoms. The number of nitrogens with zero attached hydrogens (tertiary/aromatic N) is 4. The number of aromatic nitrogens is 4. The molecule has 0 aliphatic carbocycles. The van der Waals surface area contributed by atoms with E-state index >= 15 is 0 Å². The van der Waals surface area contributed by atoms with Gasteiger partial charge in [0.2, 0.25) is 0 Å². The zero-order valence-electron chi connectivity index (χ0n) is 15.1. The lowest BCUT2D eigenvalue weighted by molar-refractivity contribution is 0.0901. The van der Waals surface area contributed by atoms with Gasteiger partial charge in [-0.25, -0.2) is 0 Å². The second-order valence-corrected chi connectivity index (χ2v) is 8.38. The number of aryl methyl sites for hydroxylation is 1. The maximum atomic E-state index is 12.8. The van der Waals surface area contributed by atoms with Crippen molar-refractivity contribution in [2.45, 2.75) is 38.8 Å². The van der Waals surface area contributed by atoms with Gasteiger partial charge in [0, 0.05) is 36.4 Å². The van der Waals surface area contributed by atoms with Crippen molar-refractivity contribution < 1.29 is 4.79 Å². The number of H-pyrrole nitrogens is 1. The number of fused-ring (bicyclic) bond motifs is 1. The Bertz CT molecular complexity index is 950. The van der Waals surface area contributed by atoms with Crippen molar-refractivity contribution in [2.75, 3.05) is 13.1 Å². The fourth-order valence-electron chi connectivity index (χ4n) is 3.56. The highest BCUT2D eigenvalue weighted by Crippen LogP contribution is 2.31. The lowest BCUT2D eigenvalue weighted by Gasteiger charge is -2.28. The number of hydrogen-bond acceptors (Lipinski definition) is 6. The third kappa shape index (κ3) is 3.10. The van der Waals surface area contributed by atoms with Crippen LogP contribution in [0.1, 0.15) is 46.8 Å². The Kier molecular flexibility index (Phi) is 4.24. The molecule has 4 rings (SSSR count). The van der Waals surface area contributed by atoms with E-state index in [0.717, 1.165) is 40.4 Å². The summed E-state index contributed by atoms with van der Waals surface area (Å²) in [6.45, 7) is 7.91. The van der Waals surface area contributed by atoms with Crippen LogP contribution in [0.2, 0.25) is 0 Å². The highest BCUT2D eigenvalue weighted by molar-refractivity contribution is 7.11. The summed E-state index contributed by atoms with van der Waals surface area (Å²) < 4.78 is 0. The predicted molar refractivity (Wildman–Crippen MR) is 101 cm³/mol. The average Bonchev–Trinajstić information content (AvgIpc) is 3.33. The number of nitrogens with one attached hydrogen (secondary N) is 2. The molecule has 2 unspecified atom stereocenters. The van der Waals surface area contributed by atoms with Crippen LogP contribution in [-0.4, -0.2) is 49.6 Å². The predicted octanol–water partition coefficient (Wildman–Crippen LogP) is 2.68. The number of carbonyl (C=O) groups is 1. The molecule has 0 spiro atoms. The van der Waals surface area contributed by atoms with Crippen molar-refractivity contribution >= 4 is 28.1 Å². The third-order valence-corrected chi connectivity index (χ3v) is 6.07. The van der Waals surface area contributed by atoms with E-state index in [4.69, 9.17) is 0 Å². The molecule has 0 bridgehead atoms. The molecule has 1 fully saturated rings. The molecule has 136 valence electrons. The molecule has 0 saturated carbocycles. The molecule has 1 amide bonds. The van der Waals surface area contributed by atoms with Crippen LogP contribution in [0.25, 0.3) is 10.9 Å². The molecule has 2 N–H and O–H groups in total. The molecule has 8 heteroatoms. The van der Waals surface area contributed by atoms with Crippen molar-refractivity contribution in [3.8, 4) is 0 Å². The second-order valence-electron chi connectivity index (χ2n) is 7.17. The van der Waals surface area contributed by atoms with Gasteiger partial charge in [-0.05, 0) is 39.3 Å². The molecule has 4 heterocycles. The van der Waals surface area contributed by atoms with E-state index < -0.39 is 0 Å². The third-order valence-electron chi connectivity index (χ3n) is 5.06. The van der Waals surface area contributed by atoms with Gasteiger partial charge in [-0.2, -0.15) is 0 Å².